The summed E-state index contributed by atoms with van der Waals surface area (Å²) in [6.45, 7) is 6.05. The van der Waals surface area contributed by atoms with Crippen LogP contribution in [-0.4, -0.2) is 38.8 Å². The normalized spacial score (nSPS) is 20.6. The molecule has 1 saturated heterocycles. The Hall–Kier alpha value is -2.76. The molecule has 2 aromatic heterocycles. The summed E-state index contributed by atoms with van der Waals surface area (Å²) in [7, 11) is 0. The molecular formula is C23H29N5O. The summed E-state index contributed by atoms with van der Waals surface area (Å²) in [5.74, 6) is 1.66. The number of carbonyl (C=O) groups is 1. The molecule has 3 heterocycles. The number of nitrogens with zero attached hydrogens (tertiary/aromatic N) is 4. The van der Waals surface area contributed by atoms with Gasteiger partial charge in [-0.1, -0.05) is 11.1 Å². The van der Waals surface area contributed by atoms with Crippen LogP contribution in [0.1, 0.15) is 57.6 Å². The molecule has 1 unspecified atom stereocenters. The zero-order valence-electron chi connectivity index (χ0n) is 17.3. The van der Waals surface area contributed by atoms with Gasteiger partial charge in [0.1, 0.15) is 5.82 Å². The fraction of sp³-hybridized carbons (Fsp3) is 0.478. The number of piperidine rings is 1. The van der Waals surface area contributed by atoms with Crippen molar-refractivity contribution in [2.75, 3.05) is 18.4 Å². The molecule has 4 rings (SSSR count). The lowest BCUT2D eigenvalue weighted by molar-refractivity contribution is -0.137. The van der Waals surface area contributed by atoms with E-state index in [1.807, 2.05) is 12.3 Å². The van der Waals surface area contributed by atoms with E-state index in [1.165, 1.54) is 11.1 Å². The Kier molecular flexibility index (Phi) is 5.88. The summed E-state index contributed by atoms with van der Waals surface area (Å²) >= 11 is 0. The number of carbonyl (C=O) groups excluding carboxylic acids is 1. The number of nitrogens with one attached hydrogen (secondary N) is 1. The molecule has 1 atom stereocenters. The van der Waals surface area contributed by atoms with E-state index in [9.17, 15) is 4.79 Å². The summed E-state index contributed by atoms with van der Waals surface area (Å²) in [6.07, 6.45) is 11.8. The van der Waals surface area contributed by atoms with Gasteiger partial charge in [-0.05, 0) is 58.1 Å². The highest BCUT2D eigenvalue weighted by atomic mass is 16.2. The van der Waals surface area contributed by atoms with Gasteiger partial charge in [-0.25, -0.2) is 4.98 Å². The second-order valence-corrected chi connectivity index (χ2v) is 8.29. The molecule has 6 heteroatoms. The van der Waals surface area contributed by atoms with Crippen molar-refractivity contribution >= 4 is 17.4 Å². The van der Waals surface area contributed by atoms with Crippen LogP contribution in [-0.2, 0) is 4.79 Å². The number of pyridine rings is 1. The number of amides is 1. The van der Waals surface area contributed by atoms with Gasteiger partial charge >= 0.3 is 0 Å². The minimum atomic E-state index is 0.180. The van der Waals surface area contributed by atoms with Crippen molar-refractivity contribution in [3.8, 4) is 0 Å². The van der Waals surface area contributed by atoms with Gasteiger partial charge in [0.2, 0.25) is 5.91 Å². The van der Waals surface area contributed by atoms with Crippen molar-refractivity contribution < 1.29 is 4.79 Å². The Morgan fingerprint density at radius 1 is 1.03 bits per heavy atom. The number of likely N-dealkylation sites (tertiary alicyclic amines) is 1. The van der Waals surface area contributed by atoms with Gasteiger partial charge in [0.25, 0.3) is 0 Å². The highest BCUT2D eigenvalue weighted by Gasteiger charge is 2.30. The second-order valence-electron chi connectivity index (χ2n) is 8.29. The smallest absolute Gasteiger partial charge is 0.226 e. The number of aromatic nitrogens is 3. The quantitative estimate of drug-likeness (QED) is 0.779. The maximum atomic E-state index is 12.9. The Labute approximate surface area is 172 Å². The molecule has 0 aromatic carbocycles. The Balaban J connectivity index is 1.31. The van der Waals surface area contributed by atoms with E-state index in [0.717, 1.165) is 56.6 Å². The highest BCUT2D eigenvalue weighted by molar-refractivity contribution is 5.79. The number of allylic oxidation sites excluding steroid dienone is 2. The average molecular weight is 392 g/mol. The number of hydrogen-bond acceptors (Lipinski definition) is 5. The van der Waals surface area contributed by atoms with Gasteiger partial charge < -0.3 is 10.2 Å². The van der Waals surface area contributed by atoms with Gasteiger partial charge in [0.05, 0.1) is 18.1 Å². The zero-order chi connectivity index (χ0) is 20.2. The van der Waals surface area contributed by atoms with Crippen LogP contribution < -0.4 is 5.32 Å². The van der Waals surface area contributed by atoms with Crippen molar-refractivity contribution in [3.63, 3.8) is 0 Å². The Bertz CT molecular complexity index is 870. The molecule has 152 valence electrons. The Morgan fingerprint density at radius 2 is 1.86 bits per heavy atom. The lowest BCUT2D eigenvalue weighted by atomic mass is 9.83. The van der Waals surface area contributed by atoms with Crippen LogP contribution in [0.25, 0.3) is 0 Å². The SMILES string of the molecule is CC1=C(C)CC(C(=O)N2CCC(c3ccc(Nc4cnccn4)cn3)CC2)CC1. The van der Waals surface area contributed by atoms with Gasteiger partial charge in [-0.15, -0.1) is 0 Å². The third-order valence-corrected chi connectivity index (χ3v) is 6.35. The van der Waals surface area contributed by atoms with E-state index in [-0.39, 0.29) is 5.92 Å². The largest absolute Gasteiger partial charge is 0.342 e. The molecule has 1 amide bonds. The van der Waals surface area contributed by atoms with E-state index in [4.69, 9.17) is 0 Å². The van der Waals surface area contributed by atoms with Gasteiger partial charge in [0, 0.05) is 43.0 Å². The van der Waals surface area contributed by atoms with Crippen LogP contribution in [0.15, 0.2) is 48.1 Å². The molecule has 0 radical (unpaired) electrons. The van der Waals surface area contributed by atoms with Crippen LogP contribution in [0.2, 0.25) is 0 Å². The summed E-state index contributed by atoms with van der Waals surface area (Å²) < 4.78 is 0. The summed E-state index contributed by atoms with van der Waals surface area (Å²) in [6, 6.07) is 4.12. The third kappa shape index (κ3) is 4.63. The molecule has 1 fully saturated rings. The number of hydrogen-bond donors (Lipinski definition) is 1. The standard InChI is InChI=1S/C23H29N5O/c1-16-3-4-19(13-17(16)2)23(29)28-11-7-18(8-12-28)21-6-5-20(14-26-21)27-22-15-24-9-10-25-22/h5-6,9-10,14-15,18-19H,3-4,7-8,11-13H2,1-2H3,(H,25,27). The maximum Gasteiger partial charge on any atom is 0.226 e. The fourth-order valence-corrected chi connectivity index (χ4v) is 4.35. The predicted octanol–water partition coefficient (Wildman–Crippen LogP) is 4.46. The van der Waals surface area contributed by atoms with E-state index in [1.54, 1.807) is 18.6 Å². The maximum absolute atomic E-state index is 12.9. The first-order valence-corrected chi connectivity index (χ1v) is 10.5. The first-order valence-electron chi connectivity index (χ1n) is 10.5. The molecular weight excluding hydrogens is 362 g/mol. The molecule has 1 aliphatic carbocycles. The van der Waals surface area contributed by atoms with Gasteiger partial charge in [-0.2, -0.15) is 0 Å². The van der Waals surface area contributed by atoms with Crippen molar-refractivity contribution in [3.05, 3.63) is 53.8 Å². The minimum Gasteiger partial charge on any atom is -0.342 e. The number of rotatable bonds is 4. The first-order chi connectivity index (χ1) is 14.1. The highest BCUT2D eigenvalue weighted by Crippen LogP contribution is 2.33. The van der Waals surface area contributed by atoms with E-state index in [0.29, 0.717) is 17.6 Å². The molecule has 6 nitrogen and oxygen atoms in total. The minimum absolute atomic E-state index is 0.180. The van der Waals surface area contributed by atoms with Gasteiger partial charge in [-0.3, -0.25) is 14.8 Å². The molecule has 2 aliphatic rings. The van der Waals surface area contributed by atoms with Crippen LogP contribution in [0, 0.1) is 5.92 Å². The number of anilines is 2. The van der Waals surface area contributed by atoms with Crippen LogP contribution in [0.3, 0.4) is 0 Å². The summed E-state index contributed by atoms with van der Waals surface area (Å²) in [4.78, 5) is 27.9. The van der Waals surface area contributed by atoms with Crippen molar-refractivity contribution in [1.82, 2.24) is 19.9 Å². The second kappa shape index (κ2) is 8.72. The fourth-order valence-electron chi connectivity index (χ4n) is 4.35. The van der Waals surface area contributed by atoms with Crippen molar-refractivity contribution in [2.45, 2.75) is 51.9 Å². The van der Waals surface area contributed by atoms with E-state index < -0.39 is 0 Å². The van der Waals surface area contributed by atoms with E-state index >= 15 is 0 Å². The molecule has 1 aliphatic heterocycles. The topological polar surface area (TPSA) is 71.0 Å². The molecule has 29 heavy (non-hydrogen) atoms. The molecule has 0 spiro atoms. The lowest BCUT2D eigenvalue weighted by Gasteiger charge is -2.35. The van der Waals surface area contributed by atoms with Crippen molar-refractivity contribution in [2.24, 2.45) is 5.92 Å². The summed E-state index contributed by atoms with van der Waals surface area (Å²) in [5.41, 5.74) is 4.88. The van der Waals surface area contributed by atoms with Crippen molar-refractivity contribution in [1.29, 1.82) is 0 Å². The van der Waals surface area contributed by atoms with Crippen LogP contribution in [0.4, 0.5) is 11.5 Å². The van der Waals surface area contributed by atoms with E-state index in [2.05, 4.69) is 45.1 Å². The van der Waals surface area contributed by atoms with Crippen LogP contribution >= 0.6 is 0 Å². The zero-order valence-corrected chi connectivity index (χ0v) is 17.3. The monoisotopic (exact) mass is 391 g/mol. The first kappa shape index (κ1) is 19.6. The summed E-state index contributed by atoms with van der Waals surface area (Å²) in [5, 5.41) is 3.21. The molecule has 1 N–H and O–H groups in total. The lowest BCUT2D eigenvalue weighted by Crippen LogP contribution is -2.42. The van der Waals surface area contributed by atoms with Crippen LogP contribution in [0.5, 0.6) is 0 Å². The third-order valence-electron chi connectivity index (χ3n) is 6.35. The Morgan fingerprint density at radius 3 is 2.52 bits per heavy atom. The van der Waals surface area contributed by atoms with Gasteiger partial charge in [0.15, 0.2) is 0 Å². The predicted molar refractivity (Wildman–Crippen MR) is 114 cm³/mol. The molecule has 0 saturated carbocycles. The average Bonchev–Trinajstić information content (AvgIpc) is 2.77. The molecule has 2 aromatic rings. The molecule has 0 bridgehead atoms.